The van der Waals surface area contributed by atoms with Crippen LogP contribution in [0, 0.1) is 0 Å². The van der Waals surface area contributed by atoms with E-state index in [2.05, 4.69) is 15.7 Å². The molecule has 0 heterocycles. The van der Waals surface area contributed by atoms with E-state index >= 15 is 0 Å². The minimum Gasteiger partial charge on any atom is -0.493 e. The second kappa shape index (κ2) is 8.33. The van der Waals surface area contributed by atoms with Gasteiger partial charge in [0, 0.05) is 11.1 Å². The number of nitrogens with one attached hydrogen (secondary N) is 1. The van der Waals surface area contributed by atoms with E-state index in [0.29, 0.717) is 28.3 Å². The van der Waals surface area contributed by atoms with Gasteiger partial charge in [0.1, 0.15) is 5.71 Å². The molecule has 7 nitrogen and oxygen atoms in total. The summed E-state index contributed by atoms with van der Waals surface area (Å²) in [5, 5.41) is 15.7. The number of nitrogens with zero attached hydrogens (tertiary/aromatic N) is 2. The van der Waals surface area contributed by atoms with Crippen LogP contribution in [0.25, 0.3) is 0 Å². The zero-order valence-electron chi connectivity index (χ0n) is 13.3. The van der Waals surface area contributed by atoms with E-state index in [0.717, 1.165) is 6.21 Å². The van der Waals surface area contributed by atoms with Gasteiger partial charge >= 0.3 is 0 Å². The van der Waals surface area contributed by atoms with E-state index in [4.69, 9.17) is 14.7 Å². The average Bonchev–Trinajstić information content (AvgIpc) is 2.64. The Morgan fingerprint density at radius 3 is 2.38 bits per heavy atom. The van der Waals surface area contributed by atoms with Gasteiger partial charge in [-0.3, -0.25) is 4.79 Å². The van der Waals surface area contributed by atoms with Crippen LogP contribution >= 0.6 is 0 Å². The highest BCUT2D eigenvalue weighted by atomic mass is 16.5. The van der Waals surface area contributed by atoms with Crippen LogP contribution in [0.1, 0.15) is 15.9 Å². The molecule has 0 bridgehead atoms. The normalized spacial score (nSPS) is 11.3. The first-order valence-corrected chi connectivity index (χ1v) is 7.02. The number of hydrazone groups is 1. The van der Waals surface area contributed by atoms with Crippen LogP contribution < -0.4 is 14.9 Å². The maximum Gasteiger partial charge on any atom is 0.271 e. The second-order valence-electron chi connectivity index (χ2n) is 4.62. The number of carbonyl (C=O) groups excluding carboxylic acids is 1. The van der Waals surface area contributed by atoms with E-state index in [1.54, 1.807) is 30.3 Å². The van der Waals surface area contributed by atoms with Gasteiger partial charge in [0.25, 0.3) is 5.91 Å². The maximum absolute atomic E-state index is 12.2. The molecule has 0 aromatic heterocycles. The van der Waals surface area contributed by atoms with Crippen molar-refractivity contribution in [3.8, 4) is 11.5 Å². The van der Waals surface area contributed by atoms with Crippen molar-refractivity contribution < 1.29 is 19.5 Å². The lowest BCUT2D eigenvalue weighted by Gasteiger charge is -2.09. The minimum absolute atomic E-state index is 0.312. The molecule has 0 atom stereocenters. The predicted molar refractivity (Wildman–Crippen MR) is 90.3 cm³/mol. The number of carbonyl (C=O) groups is 1. The van der Waals surface area contributed by atoms with Gasteiger partial charge in [-0.25, -0.2) is 5.43 Å². The summed E-state index contributed by atoms with van der Waals surface area (Å²) >= 11 is 0. The van der Waals surface area contributed by atoms with Crippen LogP contribution in [0.3, 0.4) is 0 Å². The summed E-state index contributed by atoms with van der Waals surface area (Å²) in [6, 6.07) is 13.8. The summed E-state index contributed by atoms with van der Waals surface area (Å²) in [5.74, 6) is 0.528. The Balaban J connectivity index is 2.21. The second-order valence-corrected chi connectivity index (χ2v) is 4.62. The highest BCUT2D eigenvalue weighted by Crippen LogP contribution is 2.27. The number of oxime groups is 1. The first-order valence-electron chi connectivity index (χ1n) is 7.02. The molecule has 0 aliphatic rings. The summed E-state index contributed by atoms with van der Waals surface area (Å²) in [5.41, 5.74) is 3.78. The Morgan fingerprint density at radius 1 is 1.04 bits per heavy atom. The topological polar surface area (TPSA) is 92.5 Å². The summed E-state index contributed by atoms with van der Waals surface area (Å²) in [7, 11) is 3.01. The molecule has 0 aliphatic heterocycles. The summed E-state index contributed by atoms with van der Waals surface area (Å²) in [4.78, 5) is 12.2. The van der Waals surface area contributed by atoms with Gasteiger partial charge in [-0.2, -0.15) is 5.10 Å². The molecule has 1 amide bonds. The van der Waals surface area contributed by atoms with E-state index in [1.165, 1.54) is 14.2 Å². The smallest absolute Gasteiger partial charge is 0.271 e. The third kappa shape index (κ3) is 4.10. The standard InChI is InChI=1S/C17H17N3O4/c1-23-15-9-8-13(10-16(15)24-2)17(21)20-19-14(11-18-22)12-6-4-3-5-7-12/h3-11,22H,1-2H3,(H,20,21)/b18-11-,19-14-. The zero-order chi connectivity index (χ0) is 17.4. The number of hydrogen-bond acceptors (Lipinski definition) is 6. The highest BCUT2D eigenvalue weighted by Gasteiger charge is 2.11. The SMILES string of the molecule is COc1ccc(C(=O)N/N=C(/C=N\O)c2ccccc2)cc1OC. The number of benzene rings is 2. The Labute approximate surface area is 139 Å². The van der Waals surface area contributed by atoms with Gasteiger partial charge in [-0.05, 0) is 18.2 Å². The van der Waals surface area contributed by atoms with Crippen molar-refractivity contribution in [2.24, 2.45) is 10.3 Å². The van der Waals surface area contributed by atoms with Crippen molar-refractivity contribution in [2.75, 3.05) is 14.2 Å². The summed E-state index contributed by atoms with van der Waals surface area (Å²) in [6.45, 7) is 0. The fraction of sp³-hybridized carbons (Fsp3) is 0.118. The number of ether oxygens (including phenoxy) is 2. The number of amides is 1. The van der Waals surface area contributed by atoms with E-state index < -0.39 is 5.91 Å². The fourth-order valence-electron chi connectivity index (χ4n) is 1.98. The quantitative estimate of drug-likeness (QED) is 0.484. The molecule has 7 heteroatoms. The molecule has 2 aromatic carbocycles. The molecule has 0 saturated heterocycles. The van der Waals surface area contributed by atoms with Crippen LogP contribution in [-0.2, 0) is 0 Å². The number of rotatable bonds is 6. The largest absolute Gasteiger partial charge is 0.493 e. The molecular weight excluding hydrogens is 310 g/mol. The molecule has 124 valence electrons. The monoisotopic (exact) mass is 327 g/mol. The van der Waals surface area contributed by atoms with Gasteiger partial charge in [-0.1, -0.05) is 35.5 Å². The number of methoxy groups -OCH3 is 2. The first kappa shape index (κ1) is 17.0. The van der Waals surface area contributed by atoms with Gasteiger partial charge in [0.05, 0.1) is 20.4 Å². The molecule has 0 radical (unpaired) electrons. The molecule has 0 spiro atoms. The van der Waals surface area contributed by atoms with Gasteiger partial charge in [0.2, 0.25) is 0 Å². The Morgan fingerprint density at radius 2 is 1.75 bits per heavy atom. The molecular formula is C17H17N3O4. The third-order valence-electron chi connectivity index (χ3n) is 3.17. The van der Waals surface area contributed by atoms with Crippen molar-refractivity contribution in [1.29, 1.82) is 0 Å². The lowest BCUT2D eigenvalue weighted by molar-refractivity contribution is 0.0954. The van der Waals surface area contributed by atoms with Crippen LogP contribution in [0.5, 0.6) is 11.5 Å². The molecule has 0 aliphatic carbocycles. The molecule has 0 unspecified atom stereocenters. The van der Waals surface area contributed by atoms with Crippen molar-refractivity contribution in [3.63, 3.8) is 0 Å². The highest BCUT2D eigenvalue weighted by molar-refractivity contribution is 6.38. The van der Waals surface area contributed by atoms with E-state index in [9.17, 15) is 4.79 Å². The van der Waals surface area contributed by atoms with Crippen LogP contribution in [-0.4, -0.2) is 37.3 Å². The minimum atomic E-state index is -0.435. The summed E-state index contributed by atoms with van der Waals surface area (Å²) < 4.78 is 10.3. The molecule has 2 aromatic rings. The van der Waals surface area contributed by atoms with Gasteiger partial charge in [0.15, 0.2) is 11.5 Å². The lowest BCUT2D eigenvalue weighted by Crippen LogP contribution is -2.20. The zero-order valence-corrected chi connectivity index (χ0v) is 13.3. The Hall–Kier alpha value is -3.35. The van der Waals surface area contributed by atoms with Crippen LogP contribution in [0.15, 0.2) is 58.8 Å². The molecule has 0 fully saturated rings. The molecule has 24 heavy (non-hydrogen) atoms. The summed E-state index contributed by atoms with van der Waals surface area (Å²) in [6.07, 6.45) is 1.14. The Bertz CT molecular complexity index is 758. The third-order valence-corrected chi connectivity index (χ3v) is 3.17. The maximum atomic E-state index is 12.2. The first-order chi connectivity index (χ1) is 11.7. The average molecular weight is 327 g/mol. The van der Waals surface area contributed by atoms with Crippen molar-refractivity contribution >= 4 is 17.8 Å². The lowest BCUT2D eigenvalue weighted by atomic mass is 10.1. The van der Waals surface area contributed by atoms with E-state index in [1.807, 2.05) is 18.2 Å². The van der Waals surface area contributed by atoms with Gasteiger partial charge < -0.3 is 14.7 Å². The molecule has 2 rings (SSSR count). The van der Waals surface area contributed by atoms with Crippen molar-refractivity contribution in [2.45, 2.75) is 0 Å². The van der Waals surface area contributed by atoms with Gasteiger partial charge in [-0.15, -0.1) is 0 Å². The Kier molecular flexibility index (Phi) is 5.90. The van der Waals surface area contributed by atoms with Crippen LogP contribution in [0.4, 0.5) is 0 Å². The van der Waals surface area contributed by atoms with Crippen molar-refractivity contribution in [3.05, 3.63) is 59.7 Å². The number of hydrogen-bond donors (Lipinski definition) is 2. The van der Waals surface area contributed by atoms with E-state index in [-0.39, 0.29) is 0 Å². The fourth-order valence-corrected chi connectivity index (χ4v) is 1.98. The van der Waals surface area contributed by atoms with Crippen LogP contribution in [0.2, 0.25) is 0 Å². The molecule has 0 saturated carbocycles. The van der Waals surface area contributed by atoms with Crippen molar-refractivity contribution in [1.82, 2.24) is 5.43 Å². The predicted octanol–water partition coefficient (Wildman–Crippen LogP) is 2.30. The molecule has 2 N–H and O–H groups in total.